The van der Waals surface area contributed by atoms with Crippen molar-refractivity contribution in [3.63, 3.8) is 0 Å². The number of ether oxygens (including phenoxy) is 3. The van der Waals surface area contributed by atoms with Gasteiger partial charge in [0, 0.05) is 5.54 Å². The van der Waals surface area contributed by atoms with Gasteiger partial charge >= 0.3 is 12.1 Å². The minimum Gasteiger partial charge on any atom is -0.463 e. The van der Waals surface area contributed by atoms with Crippen molar-refractivity contribution < 1.29 is 28.6 Å². The predicted octanol–water partition coefficient (Wildman–Crippen LogP) is 4.08. The molecule has 0 radical (unpaired) electrons. The van der Waals surface area contributed by atoms with Gasteiger partial charge in [0.05, 0.1) is 32.1 Å². The molecule has 2 rings (SSSR count). The number of nitrogens with zero attached hydrogens (tertiary/aromatic N) is 1. The smallest absolute Gasteiger partial charge is 0.463 e. The topological polar surface area (TPSA) is 82.1 Å². The third-order valence-electron chi connectivity index (χ3n) is 5.99. The lowest BCUT2D eigenvalue weighted by Crippen LogP contribution is -2.77. The number of hydrogen-bond acceptors (Lipinski definition) is 6. The first kappa shape index (κ1) is 25.6. The highest BCUT2D eigenvalue weighted by atomic mass is 28.3. The summed E-state index contributed by atoms with van der Waals surface area (Å²) in [5.74, 6) is -0.678. The monoisotopic (exact) mass is 461 g/mol. The van der Waals surface area contributed by atoms with Crippen molar-refractivity contribution in [3.8, 4) is 0 Å². The Kier molecular flexibility index (Phi) is 7.93. The van der Waals surface area contributed by atoms with Gasteiger partial charge in [0.15, 0.2) is 0 Å². The maximum atomic E-state index is 13.6. The molecule has 3 atom stereocenters. The van der Waals surface area contributed by atoms with Crippen LogP contribution in [0.25, 0.3) is 0 Å². The zero-order valence-electron chi connectivity index (χ0n) is 20.1. The first-order valence-electron chi connectivity index (χ1n) is 11.0. The molecule has 32 heavy (non-hydrogen) atoms. The molecule has 1 aliphatic rings. The summed E-state index contributed by atoms with van der Waals surface area (Å²) in [5.41, 5.74) is 0.491. The first-order chi connectivity index (χ1) is 14.9. The summed E-state index contributed by atoms with van der Waals surface area (Å²) in [4.78, 5) is 40.3. The average molecular weight is 462 g/mol. The Morgan fingerprint density at radius 2 is 1.78 bits per heavy atom. The fourth-order valence-corrected chi connectivity index (χ4v) is 7.10. The molecule has 0 unspecified atom stereocenters. The minimum absolute atomic E-state index is 0.0690. The van der Waals surface area contributed by atoms with E-state index >= 15 is 0 Å². The summed E-state index contributed by atoms with van der Waals surface area (Å²) in [6.07, 6.45) is -1.64. The molecule has 1 aliphatic heterocycles. The maximum Gasteiger partial charge on any atom is 0.508 e. The molecule has 1 amide bonds. The molecule has 0 saturated carbocycles. The van der Waals surface area contributed by atoms with Gasteiger partial charge in [-0.05, 0) is 40.2 Å². The Bertz CT molecular complexity index is 863. The first-order valence-corrected chi connectivity index (χ1v) is 13.8. The molecule has 1 aromatic rings. The molecule has 1 saturated heterocycles. The van der Waals surface area contributed by atoms with Crippen LogP contribution in [0.15, 0.2) is 42.5 Å². The summed E-state index contributed by atoms with van der Waals surface area (Å²) in [7, 11) is -1.85. The average Bonchev–Trinajstić information content (AvgIpc) is 2.69. The normalized spacial score (nSPS) is 21.6. The van der Waals surface area contributed by atoms with Crippen LogP contribution in [0, 0.1) is 0 Å². The van der Waals surface area contributed by atoms with Crippen molar-refractivity contribution in [2.75, 3.05) is 6.61 Å². The zero-order valence-corrected chi connectivity index (χ0v) is 21.3. The standard InChI is InChI=1S/C24H35NO6Si/c1-9-29-20(26)16(2)19-24(32(7)8,21(27)25(19)23(4,5)6)17(3)31-22(28)30-15-18-13-11-10-12-14-18/h10-14,17,19,32H,2,9,15H2,1,3-8H3/t17-,19+,24-/m1/s1. The fourth-order valence-electron chi connectivity index (χ4n) is 4.48. The van der Waals surface area contributed by atoms with Gasteiger partial charge in [-0.25, -0.2) is 9.59 Å². The number of β-lactam (4-membered cyclic amide) rings is 1. The Morgan fingerprint density at radius 3 is 2.28 bits per heavy atom. The Balaban J connectivity index is 2.30. The second-order valence-corrected chi connectivity index (χ2v) is 12.6. The molecule has 0 N–H and O–H groups in total. The molecular formula is C24H35NO6Si. The highest BCUT2D eigenvalue weighted by Gasteiger charge is 2.69. The summed E-state index contributed by atoms with van der Waals surface area (Å²) >= 11 is 0. The lowest BCUT2D eigenvalue weighted by molar-refractivity contribution is -0.170. The van der Waals surface area contributed by atoms with Crippen LogP contribution >= 0.6 is 0 Å². The van der Waals surface area contributed by atoms with Crippen molar-refractivity contribution in [3.05, 3.63) is 48.0 Å². The Hall–Kier alpha value is -2.61. The molecule has 0 aliphatic carbocycles. The minimum atomic E-state index is -1.85. The van der Waals surface area contributed by atoms with E-state index in [1.807, 2.05) is 64.2 Å². The van der Waals surface area contributed by atoms with Crippen molar-refractivity contribution in [1.29, 1.82) is 0 Å². The Morgan fingerprint density at radius 1 is 1.19 bits per heavy atom. The molecule has 176 valence electrons. The number of benzene rings is 1. The predicted molar refractivity (Wildman–Crippen MR) is 125 cm³/mol. The van der Waals surface area contributed by atoms with Crippen LogP contribution in [0.4, 0.5) is 4.79 Å². The molecule has 7 nitrogen and oxygen atoms in total. The van der Waals surface area contributed by atoms with Gasteiger partial charge < -0.3 is 19.1 Å². The van der Waals surface area contributed by atoms with Crippen molar-refractivity contribution in [2.24, 2.45) is 0 Å². The molecule has 1 fully saturated rings. The second kappa shape index (κ2) is 9.89. The van der Waals surface area contributed by atoms with E-state index in [-0.39, 0.29) is 24.7 Å². The molecule has 0 spiro atoms. The van der Waals surface area contributed by atoms with Crippen LogP contribution in [0.1, 0.15) is 40.2 Å². The van der Waals surface area contributed by atoms with Crippen LogP contribution in [0.2, 0.25) is 18.1 Å². The van der Waals surface area contributed by atoms with E-state index in [0.29, 0.717) is 0 Å². The van der Waals surface area contributed by atoms with E-state index < -0.39 is 43.6 Å². The number of carbonyl (C=O) groups is 3. The highest BCUT2D eigenvalue weighted by Crippen LogP contribution is 2.57. The number of carbonyl (C=O) groups excluding carboxylic acids is 3. The molecule has 0 aromatic heterocycles. The zero-order chi connectivity index (χ0) is 24.3. The summed E-state index contributed by atoms with van der Waals surface area (Å²) < 4.78 is 16.1. The van der Waals surface area contributed by atoms with Gasteiger partial charge in [-0.2, -0.15) is 0 Å². The summed E-state index contributed by atoms with van der Waals surface area (Å²) in [5, 5.41) is -1.02. The number of likely N-dealkylation sites (tertiary alicyclic amines) is 1. The second-order valence-electron chi connectivity index (χ2n) is 9.37. The lowest BCUT2D eigenvalue weighted by atomic mass is 9.74. The largest absolute Gasteiger partial charge is 0.508 e. The van der Waals surface area contributed by atoms with Gasteiger partial charge in [-0.1, -0.05) is 50.0 Å². The van der Waals surface area contributed by atoms with E-state index in [2.05, 4.69) is 6.58 Å². The third-order valence-corrected chi connectivity index (χ3v) is 8.93. The van der Waals surface area contributed by atoms with Crippen LogP contribution in [-0.4, -0.2) is 56.0 Å². The number of hydrogen-bond donors (Lipinski definition) is 0. The van der Waals surface area contributed by atoms with Gasteiger partial charge in [0.2, 0.25) is 5.91 Å². The van der Waals surface area contributed by atoms with Crippen molar-refractivity contribution in [2.45, 2.75) is 77.0 Å². The van der Waals surface area contributed by atoms with Gasteiger partial charge in [0.25, 0.3) is 0 Å². The Labute approximate surface area is 192 Å². The van der Waals surface area contributed by atoms with E-state index in [9.17, 15) is 14.4 Å². The number of esters is 1. The van der Waals surface area contributed by atoms with Gasteiger partial charge in [-0.15, -0.1) is 0 Å². The molecule has 1 heterocycles. The number of rotatable bonds is 8. The highest BCUT2D eigenvalue weighted by molar-refractivity contribution is 6.66. The van der Waals surface area contributed by atoms with Gasteiger partial charge in [-0.3, -0.25) is 4.79 Å². The van der Waals surface area contributed by atoms with E-state index in [1.165, 1.54) is 0 Å². The van der Waals surface area contributed by atoms with Crippen molar-refractivity contribution in [1.82, 2.24) is 4.90 Å². The van der Waals surface area contributed by atoms with E-state index in [0.717, 1.165) is 5.56 Å². The van der Waals surface area contributed by atoms with Crippen molar-refractivity contribution >= 4 is 26.8 Å². The van der Waals surface area contributed by atoms with E-state index in [1.54, 1.807) is 18.7 Å². The molecule has 8 heteroatoms. The lowest BCUT2D eigenvalue weighted by Gasteiger charge is -2.63. The number of amides is 1. The summed E-state index contributed by atoms with van der Waals surface area (Å²) in [6, 6.07) is 8.65. The van der Waals surface area contributed by atoms with Crippen LogP contribution < -0.4 is 0 Å². The molecular weight excluding hydrogens is 426 g/mol. The van der Waals surface area contributed by atoms with Crippen LogP contribution in [-0.2, 0) is 30.4 Å². The SMILES string of the molecule is C=C(C(=O)OCC)[C@@H]1N(C(C)(C)C)C(=O)[C@]1([C@@H](C)OC(=O)OCc1ccccc1)[SiH](C)C. The summed E-state index contributed by atoms with van der Waals surface area (Å²) in [6.45, 7) is 17.4. The van der Waals surface area contributed by atoms with Gasteiger partial charge in [0.1, 0.15) is 12.7 Å². The van der Waals surface area contributed by atoms with E-state index in [4.69, 9.17) is 14.2 Å². The quantitative estimate of drug-likeness (QED) is 0.251. The molecule has 0 bridgehead atoms. The fraction of sp³-hybridized carbons (Fsp3) is 0.542. The van der Waals surface area contributed by atoms with Crippen LogP contribution in [0.3, 0.4) is 0 Å². The third kappa shape index (κ3) is 4.75. The molecule has 1 aromatic carbocycles. The van der Waals surface area contributed by atoms with Crippen LogP contribution in [0.5, 0.6) is 0 Å². The maximum absolute atomic E-state index is 13.6.